The molecule has 1 unspecified atom stereocenters. The van der Waals surface area contributed by atoms with Crippen molar-refractivity contribution in [2.24, 2.45) is 0 Å². The average molecular weight is 281 g/mol. The van der Waals surface area contributed by atoms with Gasteiger partial charge in [-0.3, -0.25) is 19.3 Å². The van der Waals surface area contributed by atoms with Gasteiger partial charge in [-0.15, -0.1) is 0 Å². The van der Waals surface area contributed by atoms with Gasteiger partial charge in [-0.1, -0.05) is 0 Å². The SMILES string of the molecule is Cc1cc(F)c2c(c1)C(=O)C(=O)N2CC(O)CC(=O)O. The van der Waals surface area contributed by atoms with Gasteiger partial charge in [0.1, 0.15) is 5.82 Å². The molecule has 7 heteroatoms. The number of benzene rings is 1. The molecular weight excluding hydrogens is 269 g/mol. The Balaban J connectivity index is 2.36. The molecule has 0 saturated heterocycles. The number of hydrogen-bond donors (Lipinski definition) is 2. The van der Waals surface area contributed by atoms with Crippen LogP contribution in [0.25, 0.3) is 0 Å². The molecule has 6 nitrogen and oxygen atoms in total. The summed E-state index contributed by atoms with van der Waals surface area (Å²) in [4.78, 5) is 34.8. The molecule has 0 spiro atoms. The van der Waals surface area contributed by atoms with E-state index in [1.807, 2.05) is 0 Å². The summed E-state index contributed by atoms with van der Waals surface area (Å²) in [7, 11) is 0. The molecule has 0 aromatic heterocycles. The first-order valence-corrected chi connectivity index (χ1v) is 5.87. The Morgan fingerprint density at radius 2 is 2.05 bits per heavy atom. The van der Waals surface area contributed by atoms with Crippen molar-refractivity contribution in [3.8, 4) is 0 Å². The minimum absolute atomic E-state index is 0.0602. The minimum Gasteiger partial charge on any atom is -0.481 e. The minimum atomic E-state index is -1.38. The largest absolute Gasteiger partial charge is 0.481 e. The molecule has 2 rings (SSSR count). The second-order valence-corrected chi connectivity index (χ2v) is 4.64. The number of fused-ring (bicyclic) bond motifs is 1. The lowest BCUT2D eigenvalue weighted by molar-refractivity contribution is -0.139. The van der Waals surface area contributed by atoms with E-state index in [1.165, 1.54) is 12.1 Å². The van der Waals surface area contributed by atoms with Crippen LogP contribution in [0.5, 0.6) is 0 Å². The topological polar surface area (TPSA) is 94.9 Å². The number of carbonyl (C=O) groups excluding carboxylic acids is 2. The monoisotopic (exact) mass is 281 g/mol. The quantitative estimate of drug-likeness (QED) is 0.784. The van der Waals surface area contributed by atoms with Crippen LogP contribution in [0.15, 0.2) is 12.1 Å². The second kappa shape index (κ2) is 5.01. The smallest absolute Gasteiger partial charge is 0.306 e. The Bertz CT molecular complexity index is 613. The van der Waals surface area contributed by atoms with Crippen molar-refractivity contribution in [1.82, 2.24) is 0 Å². The molecule has 1 aliphatic rings. The van der Waals surface area contributed by atoms with E-state index in [2.05, 4.69) is 0 Å². The van der Waals surface area contributed by atoms with Gasteiger partial charge >= 0.3 is 5.97 Å². The van der Waals surface area contributed by atoms with Gasteiger partial charge < -0.3 is 10.2 Å². The van der Waals surface area contributed by atoms with Crippen LogP contribution in [-0.2, 0) is 9.59 Å². The van der Waals surface area contributed by atoms with E-state index in [-0.39, 0.29) is 11.3 Å². The standard InChI is InChI=1S/C13H12FNO5/c1-6-2-8-11(9(14)3-6)15(13(20)12(8)19)5-7(16)4-10(17)18/h2-3,7,16H,4-5H2,1H3,(H,17,18). The highest BCUT2D eigenvalue weighted by atomic mass is 19.1. The molecule has 0 radical (unpaired) electrons. The summed E-state index contributed by atoms with van der Waals surface area (Å²) in [6.07, 6.45) is -1.98. The van der Waals surface area contributed by atoms with Crippen molar-refractivity contribution in [3.63, 3.8) is 0 Å². The molecular formula is C13H12FNO5. The second-order valence-electron chi connectivity index (χ2n) is 4.64. The Morgan fingerprint density at radius 1 is 1.40 bits per heavy atom. The number of aliphatic hydroxyl groups excluding tert-OH is 1. The van der Waals surface area contributed by atoms with Crippen molar-refractivity contribution >= 4 is 23.3 Å². The lowest BCUT2D eigenvalue weighted by atomic mass is 10.1. The molecule has 1 aromatic carbocycles. The molecule has 1 heterocycles. The summed E-state index contributed by atoms with van der Waals surface area (Å²) in [5.41, 5.74) is 0.236. The van der Waals surface area contributed by atoms with E-state index in [0.29, 0.717) is 5.56 Å². The third-order valence-electron chi connectivity index (χ3n) is 2.97. The van der Waals surface area contributed by atoms with Crippen molar-refractivity contribution in [2.75, 3.05) is 11.4 Å². The van der Waals surface area contributed by atoms with Crippen molar-refractivity contribution in [1.29, 1.82) is 0 Å². The molecule has 0 fully saturated rings. The van der Waals surface area contributed by atoms with E-state index in [0.717, 1.165) is 4.90 Å². The highest BCUT2D eigenvalue weighted by molar-refractivity contribution is 6.52. The number of aliphatic carboxylic acids is 1. The summed E-state index contributed by atoms with van der Waals surface area (Å²) in [6, 6.07) is 2.56. The predicted molar refractivity (Wildman–Crippen MR) is 66.1 cm³/mol. The van der Waals surface area contributed by atoms with Gasteiger partial charge in [-0.2, -0.15) is 0 Å². The summed E-state index contributed by atoms with van der Waals surface area (Å²) < 4.78 is 13.9. The van der Waals surface area contributed by atoms with Crippen LogP contribution in [0.4, 0.5) is 10.1 Å². The van der Waals surface area contributed by atoms with Crippen LogP contribution in [0.1, 0.15) is 22.3 Å². The third kappa shape index (κ3) is 2.39. The van der Waals surface area contributed by atoms with E-state index in [4.69, 9.17) is 5.11 Å². The number of aliphatic hydroxyl groups is 1. The van der Waals surface area contributed by atoms with Crippen molar-refractivity contribution in [2.45, 2.75) is 19.4 Å². The van der Waals surface area contributed by atoms with Gasteiger partial charge in [0.15, 0.2) is 0 Å². The highest BCUT2D eigenvalue weighted by Crippen LogP contribution is 2.33. The zero-order valence-electron chi connectivity index (χ0n) is 10.6. The number of β-amino-alcohol motifs (C(OH)–C–C–N with tert-alkyl or cyclic N) is 1. The normalized spacial score (nSPS) is 15.4. The van der Waals surface area contributed by atoms with Crippen LogP contribution in [0, 0.1) is 12.7 Å². The number of anilines is 1. The number of hydrogen-bond acceptors (Lipinski definition) is 4. The van der Waals surface area contributed by atoms with Gasteiger partial charge in [-0.05, 0) is 24.6 Å². The fourth-order valence-corrected chi connectivity index (χ4v) is 2.17. The maximum absolute atomic E-state index is 13.9. The first-order valence-electron chi connectivity index (χ1n) is 5.87. The molecule has 1 aliphatic heterocycles. The average Bonchev–Trinajstić information content (AvgIpc) is 2.53. The third-order valence-corrected chi connectivity index (χ3v) is 2.97. The number of amides is 1. The first kappa shape index (κ1) is 14.1. The number of Topliss-reactive ketones (excluding diaryl/α,β-unsaturated/α-hetero) is 1. The van der Waals surface area contributed by atoms with Crippen molar-refractivity contribution in [3.05, 3.63) is 29.1 Å². The van der Waals surface area contributed by atoms with Gasteiger partial charge in [0, 0.05) is 0 Å². The number of carbonyl (C=O) groups is 3. The van der Waals surface area contributed by atoms with Crippen LogP contribution in [-0.4, -0.2) is 40.5 Å². The van der Waals surface area contributed by atoms with E-state index >= 15 is 0 Å². The molecule has 1 amide bonds. The van der Waals surface area contributed by atoms with Crippen LogP contribution in [0.3, 0.4) is 0 Å². The summed E-state index contributed by atoms with van der Waals surface area (Å²) in [5, 5.41) is 18.1. The molecule has 106 valence electrons. The summed E-state index contributed by atoms with van der Waals surface area (Å²) in [6.45, 7) is 1.15. The Hall–Kier alpha value is -2.28. The van der Waals surface area contributed by atoms with Gasteiger partial charge in [0.05, 0.1) is 30.3 Å². The van der Waals surface area contributed by atoms with Crippen LogP contribution >= 0.6 is 0 Å². The summed E-state index contributed by atoms with van der Waals surface area (Å²) in [5.74, 6) is -3.82. The van der Waals surface area contributed by atoms with Gasteiger partial charge in [0.25, 0.3) is 11.7 Å². The van der Waals surface area contributed by atoms with Crippen LogP contribution < -0.4 is 4.90 Å². The Kier molecular flexibility index (Phi) is 3.54. The van der Waals surface area contributed by atoms with Crippen LogP contribution in [0.2, 0.25) is 0 Å². The number of nitrogens with zero attached hydrogens (tertiary/aromatic N) is 1. The van der Waals surface area contributed by atoms with Crippen molar-refractivity contribution < 1.29 is 29.0 Å². The lowest BCUT2D eigenvalue weighted by Crippen LogP contribution is -2.37. The van der Waals surface area contributed by atoms with E-state index < -0.39 is 42.5 Å². The Labute approximate surface area is 113 Å². The van der Waals surface area contributed by atoms with Gasteiger partial charge in [-0.25, -0.2) is 4.39 Å². The fraction of sp³-hybridized carbons (Fsp3) is 0.308. The first-order chi connectivity index (χ1) is 9.31. The number of carboxylic acids is 1. The van der Waals surface area contributed by atoms with E-state index in [1.54, 1.807) is 6.92 Å². The maximum Gasteiger partial charge on any atom is 0.306 e. The fourth-order valence-electron chi connectivity index (χ4n) is 2.17. The number of rotatable bonds is 4. The van der Waals surface area contributed by atoms with E-state index in [9.17, 15) is 23.9 Å². The zero-order chi connectivity index (χ0) is 15.0. The highest BCUT2D eigenvalue weighted by Gasteiger charge is 2.39. The molecule has 1 atom stereocenters. The molecule has 20 heavy (non-hydrogen) atoms. The lowest BCUT2D eigenvalue weighted by Gasteiger charge is -2.20. The molecule has 0 bridgehead atoms. The number of ketones is 1. The number of halogens is 1. The Morgan fingerprint density at radius 3 is 2.65 bits per heavy atom. The number of carboxylic acid groups (broad SMARTS) is 1. The predicted octanol–water partition coefficient (Wildman–Crippen LogP) is 0.499. The molecule has 0 saturated carbocycles. The molecule has 2 N–H and O–H groups in total. The zero-order valence-corrected chi connectivity index (χ0v) is 10.6. The number of aryl methyl sites for hydroxylation is 1. The van der Waals surface area contributed by atoms with Gasteiger partial charge in [0.2, 0.25) is 0 Å². The maximum atomic E-state index is 13.9. The summed E-state index contributed by atoms with van der Waals surface area (Å²) >= 11 is 0. The molecule has 0 aliphatic carbocycles. The molecule has 1 aromatic rings.